The Morgan fingerprint density at radius 1 is 1.16 bits per heavy atom. The zero-order chi connectivity index (χ0) is 13.7. The highest BCUT2D eigenvalue weighted by Gasteiger charge is 2.09. The number of phenols is 1. The Morgan fingerprint density at radius 3 is 2.68 bits per heavy atom. The second-order valence-corrected chi connectivity index (χ2v) is 4.51. The van der Waals surface area contributed by atoms with Crippen molar-refractivity contribution in [3.05, 3.63) is 59.7 Å². The molecule has 0 aromatic heterocycles. The number of para-hydroxylation sites is 1. The van der Waals surface area contributed by atoms with Gasteiger partial charge in [0.25, 0.3) is 0 Å². The monoisotopic (exact) mass is 257 g/mol. The van der Waals surface area contributed by atoms with E-state index < -0.39 is 0 Å². The lowest BCUT2D eigenvalue weighted by Crippen LogP contribution is -2.18. The van der Waals surface area contributed by atoms with Gasteiger partial charge >= 0.3 is 0 Å². The van der Waals surface area contributed by atoms with E-state index in [-0.39, 0.29) is 6.04 Å². The highest BCUT2D eigenvalue weighted by molar-refractivity contribution is 5.35. The molecule has 2 N–H and O–H groups in total. The fourth-order valence-corrected chi connectivity index (χ4v) is 2.07. The van der Waals surface area contributed by atoms with E-state index in [0.29, 0.717) is 12.3 Å². The molecule has 100 valence electrons. The van der Waals surface area contributed by atoms with Crippen molar-refractivity contribution in [2.24, 2.45) is 0 Å². The van der Waals surface area contributed by atoms with E-state index in [0.717, 1.165) is 16.9 Å². The molecule has 0 radical (unpaired) electrons. The molecule has 0 aliphatic carbocycles. The predicted octanol–water partition coefficient (Wildman–Crippen LogP) is 3.25. The number of aromatic hydroxyl groups is 1. The summed E-state index contributed by atoms with van der Waals surface area (Å²) < 4.78 is 5.36. The molecule has 0 spiro atoms. The summed E-state index contributed by atoms with van der Waals surface area (Å²) in [6.07, 6.45) is 0. The molecule has 2 rings (SSSR count). The van der Waals surface area contributed by atoms with Crippen molar-refractivity contribution in [2.45, 2.75) is 19.5 Å². The van der Waals surface area contributed by atoms with E-state index in [2.05, 4.69) is 18.3 Å². The zero-order valence-electron chi connectivity index (χ0n) is 11.3. The minimum atomic E-state index is 0.179. The van der Waals surface area contributed by atoms with Crippen LogP contribution in [0.3, 0.4) is 0 Å². The Kier molecular flexibility index (Phi) is 4.42. The fraction of sp³-hybridized carbons (Fsp3) is 0.250. The molecule has 2 aromatic carbocycles. The number of ether oxygens (including phenoxy) is 1. The first kappa shape index (κ1) is 13.4. The van der Waals surface area contributed by atoms with Crippen molar-refractivity contribution in [1.82, 2.24) is 5.32 Å². The molecule has 0 saturated carbocycles. The average molecular weight is 257 g/mol. The quantitative estimate of drug-likeness (QED) is 0.864. The van der Waals surface area contributed by atoms with Gasteiger partial charge in [0.15, 0.2) is 0 Å². The van der Waals surface area contributed by atoms with Crippen LogP contribution in [0.5, 0.6) is 11.5 Å². The summed E-state index contributed by atoms with van der Waals surface area (Å²) >= 11 is 0. The third-order valence-corrected chi connectivity index (χ3v) is 3.13. The van der Waals surface area contributed by atoms with Gasteiger partial charge in [-0.15, -0.1) is 0 Å². The van der Waals surface area contributed by atoms with E-state index in [1.165, 1.54) is 0 Å². The molecule has 0 heterocycles. The second kappa shape index (κ2) is 6.25. The second-order valence-electron chi connectivity index (χ2n) is 4.51. The Hall–Kier alpha value is -2.00. The lowest BCUT2D eigenvalue weighted by Gasteiger charge is -2.17. The van der Waals surface area contributed by atoms with Crippen LogP contribution in [0.1, 0.15) is 24.1 Å². The topological polar surface area (TPSA) is 41.5 Å². The third-order valence-electron chi connectivity index (χ3n) is 3.13. The molecule has 3 nitrogen and oxygen atoms in total. The summed E-state index contributed by atoms with van der Waals surface area (Å²) in [6.45, 7) is 2.80. The Bertz CT molecular complexity index is 540. The molecule has 19 heavy (non-hydrogen) atoms. The maximum atomic E-state index is 9.43. The minimum Gasteiger partial charge on any atom is -0.508 e. The van der Waals surface area contributed by atoms with Crippen LogP contribution in [0.15, 0.2) is 48.5 Å². The van der Waals surface area contributed by atoms with Crippen LogP contribution >= 0.6 is 0 Å². The van der Waals surface area contributed by atoms with Gasteiger partial charge in [-0.1, -0.05) is 30.3 Å². The SMILES string of the molecule is COc1ccccc1[C@@H](C)NCc1cccc(O)c1. The number of phenolic OH excluding ortho intramolecular Hbond substituents is 1. The first-order valence-corrected chi connectivity index (χ1v) is 6.35. The smallest absolute Gasteiger partial charge is 0.123 e. The van der Waals surface area contributed by atoms with Gasteiger partial charge in [0.05, 0.1) is 7.11 Å². The van der Waals surface area contributed by atoms with Gasteiger partial charge in [0.2, 0.25) is 0 Å². The van der Waals surface area contributed by atoms with E-state index in [1.807, 2.05) is 30.3 Å². The van der Waals surface area contributed by atoms with Crippen molar-refractivity contribution < 1.29 is 9.84 Å². The predicted molar refractivity (Wildman–Crippen MR) is 76.4 cm³/mol. The summed E-state index contributed by atoms with van der Waals surface area (Å²) in [6, 6.07) is 15.4. The molecular formula is C16H19NO2. The summed E-state index contributed by atoms with van der Waals surface area (Å²) in [7, 11) is 1.68. The summed E-state index contributed by atoms with van der Waals surface area (Å²) in [5, 5.41) is 12.9. The molecule has 2 aromatic rings. The third kappa shape index (κ3) is 3.48. The number of hydrogen-bond donors (Lipinski definition) is 2. The van der Waals surface area contributed by atoms with E-state index >= 15 is 0 Å². The van der Waals surface area contributed by atoms with Crippen molar-refractivity contribution in [3.63, 3.8) is 0 Å². The van der Waals surface area contributed by atoms with Crippen molar-refractivity contribution in [3.8, 4) is 11.5 Å². The number of rotatable bonds is 5. The van der Waals surface area contributed by atoms with Gasteiger partial charge in [-0.3, -0.25) is 0 Å². The maximum absolute atomic E-state index is 9.43. The highest BCUT2D eigenvalue weighted by Crippen LogP contribution is 2.24. The van der Waals surface area contributed by atoms with E-state index in [9.17, 15) is 5.11 Å². The standard InChI is InChI=1S/C16H19NO2/c1-12(15-8-3-4-9-16(15)19-2)17-11-13-6-5-7-14(18)10-13/h3-10,12,17-18H,11H2,1-2H3/t12-/m1/s1. The van der Waals surface area contributed by atoms with Crippen LogP contribution in [0, 0.1) is 0 Å². The first-order valence-electron chi connectivity index (χ1n) is 6.35. The number of nitrogens with one attached hydrogen (secondary N) is 1. The molecule has 0 saturated heterocycles. The van der Waals surface area contributed by atoms with Gasteiger partial charge < -0.3 is 15.2 Å². The van der Waals surface area contributed by atoms with Gasteiger partial charge in [-0.25, -0.2) is 0 Å². The lowest BCUT2D eigenvalue weighted by molar-refractivity contribution is 0.401. The Balaban J connectivity index is 2.03. The minimum absolute atomic E-state index is 0.179. The van der Waals surface area contributed by atoms with Crippen molar-refractivity contribution in [2.75, 3.05) is 7.11 Å². The molecule has 1 atom stereocenters. The number of methoxy groups -OCH3 is 1. The van der Waals surface area contributed by atoms with Crippen LogP contribution in [0.2, 0.25) is 0 Å². The van der Waals surface area contributed by atoms with Crippen LogP contribution < -0.4 is 10.1 Å². The maximum Gasteiger partial charge on any atom is 0.123 e. The Labute approximate surface area is 113 Å². The molecular weight excluding hydrogens is 238 g/mol. The first-order chi connectivity index (χ1) is 9.20. The van der Waals surface area contributed by atoms with Gasteiger partial charge in [-0.2, -0.15) is 0 Å². The highest BCUT2D eigenvalue weighted by atomic mass is 16.5. The van der Waals surface area contributed by atoms with Crippen LogP contribution in [0.4, 0.5) is 0 Å². The van der Waals surface area contributed by atoms with Crippen LogP contribution in [-0.2, 0) is 6.54 Å². The molecule has 3 heteroatoms. The lowest BCUT2D eigenvalue weighted by atomic mass is 10.1. The summed E-state index contributed by atoms with van der Waals surface area (Å²) in [5.41, 5.74) is 2.19. The largest absolute Gasteiger partial charge is 0.508 e. The molecule has 0 amide bonds. The average Bonchev–Trinajstić information content (AvgIpc) is 2.45. The fourth-order valence-electron chi connectivity index (χ4n) is 2.07. The van der Waals surface area contributed by atoms with Crippen molar-refractivity contribution in [1.29, 1.82) is 0 Å². The molecule has 0 fully saturated rings. The van der Waals surface area contributed by atoms with Gasteiger partial charge in [0.1, 0.15) is 11.5 Å². The van der Waals surface area contributed by atoms with E-state index in [1.54, 1.807) is 19.2 Å². The molecule has 0 bridgehead atoms. The van der Waals surface area contributed by atoms with Crippen LogP contribution in [0.25, 0.3) is 0 Å². The molecule has 0 unspecified atom stereocenters. The zero-order valence-corrected chi connectivity index (χ0v) is 11.3. The number of hydrogen-bond acceptors (Lipinski definition) is 3. The number of benzene rings is 2. The van der Waals surface area contributed by atoms with Crippen molar-refractivity contribution >= 4 is 0 Å². The normalized spacial score (nSPS) is 12.1. The van der Waals surface area contributed by atoms with E-state index in [4.69, 9.17) is 4.74 Å². The summed E-state index contributed by atoms with van der Waals surface area (Å²) in [5.74, 6) is 1.18. The molecule has 0 aliphatic heterocycles. The summed E-state index contributed by atoms with van der Waals surface area (Å²) in [4.78, 5) is 0. The van der Waals surface area contributed by atoms with Gasteiger partial charge in [-0.05, 0) is 30.7 Å². The van der Waals surface area contributed by atoms with Crippen LogP contribution in [-0.4, -0.2) is 12.2 Å². The van der Waals surface area contributed by atoms with Gasteiger partial charge in [0, 0.05) is 18.2 Å². The molecule has 0 aliphatic rings. The Morgan fingerprint density at radius 2 is 1.95 bits per heavy atom.